The van der Waals surface area contributed by atoms with Gasteiger partial charge in [-0.15, -0.1) is 0 Å². The molecule has 0 aliphatic rings. The van der Waals surface area contributed by atoms with Crippen molar-refractivity contribution in [3.05, 3.63) is 0 Å². The summed E-state index contributed by atoms with van der Waals surface area (Å²) < 4.78 is 0. The summed E-state index contributed by atoms with van der Waals surface area (Å²) in [7, 11) is 0. The highest BCUT2D eigenvalue weighted by Gasteiger charge is 2.21. The van der Waals surface area contributed by atoms with Gasteiger partial charge in [-0.1, -0.05) is 20.3 Å². The Balaban J connectivity index is 3.79. The van der Waals surface area contributed by atoms with Gasteiger partial charge < -0.3 is 9.90 Å². The number of hydrogen-bond donors (Lipinski definition) is 1. The Morgan fingerprint density at radius 1 is 1.64 bits per heavy atom. The van der Waals surface area contributed by atoms with Crippen LogP contribution < -0.4 is 0 Å². The number of aliphatic hydroxyl groups is 1. The molecule has 66 valence electrons. The standard InChI is InChI=1S/C9H18O2/c1-4-8(2)7-9(3,11)5-6-10/h6,8,11H,4-5,7H2,1-3H3. The molecule has 2 atom stereocenters. The highest BCUT2D eigenvalue weighted by atomic mass is 16.3. The summed E-state index contributed by atoms with van der Waals surface area (Å²) in [6.45, 7) is 5.88. The lowest BCUT2D eigenvalue weighted by molar-refractivity contribution is -0.112. The third-order valence-corrected chi connectivity index (χ3v) is 2.01. The molecule has 0 saturated carbocycles. The van der Waals surface area contributed by atoms with Crippen molar-refractivity contribution in [2.24, 2.45) is 5.92 Å². The molecule has 11 heavy (non-hydrogen) atoms. The quantitative estimate of drug-likeness (QED) is 0.619. The summed E-state index contributed by atoms with van der Waals surface area (Å²) in [5.74, 6) is 0.491. The minimum absolute atomic E-state index is 0.247. The predicted molar refractivity (Wildman–Crippen MR) is 45.4 cm³/mol. The molecule has 0 radical (unpaired) electrons. The fourth-order valence-electron chi connectivity index (χ4n) is 1.16. The number of carbonyl (C=O) groups excluding carboxylic acids is 1. The third-order valence-electron chi connectivity index (χ3n) is 2.01. The number of hydrogen-bond acceptors (Lipinski definition) is 2. The summed E-state index contributed by atoms with van der Waals surface area (Å²) in [5.41, 5.74) is -0.794. The topological polar surface area (TPSA) is 37.3 Å². The van der Waals surface area contributed by atoms with Crippen molar-refractivity contribution in [3.8, 4) is 0 Å². The molecule has 0 rings (SSSR count). The lowest BCUT2D eigenvalue weighted by Crippen LogP contribution is -2.27. The molecule has 2 nitrogen and oxygen atoms in total. The van der Waals surface area contributed by atoms with Crippen molar-refractivity contribution in [3.63, 3.8) is 0 Å². The molecule has 0 aliphatic heterocycles. The molecule has 1 N–H and O–H groups in total. The maximum atomic E-state index is 10.1. The molecule has 2 unspecified atom stereocenters. The van der Waals surface area contributed by atoms with E-state index < -0.39 is 5.60 Å². The van der Waals surface area contributed by atoms with E-state index in [1.54, 1.807) is 6.92 Å². The number of rotatable bonds is 5. The monoisotopic (exact) mass is 158 g/mol. The van der Waals surface area contributed by atoms with E-state index in [0.29, 0.717) is 12.3 Å². The summed E-state index contributed by atoms with van der Waals surface area (Å²) >= 11 is 0. The second kappa shape index (κ2) is 4.50. The lowest BCUT2D eigenvalue weighted by atomic mass is 9.89. The van der Waals surface area contributed by atoms with Crippen LogP contribution in [0.5, 0.6) is 0 Å². The van der Waals surface area contributed by atoms with Crippen molar-refractivity contribution in [1.82, 2.24) is 0 Å². The van der Waals surface area contributed by atoms with E-state index >= 15 is 0 Å². The maximum absolute atomic E-state index is 10.1. The van der Waals surface area contributed by atoms with Crippen molar-refractivity contribution in [2.75, 3.05) is 0 Å². The van der Waals surface area contributed by atoms with E-state index in [0.717, 1.165) is 12.7 Å². The molecular formula is C9H18O2. The first-order valence-corrected chi connectivity index (χ1v) is 4.18. The molecule has 0 aromatic heterocycles. The average molecular weight is 158 g/mol. The van der Waals surface area contributed by atoms with Crippen LogP contribution in [-0.2, 0) is 4.79 Å². The molecule has 0 amide bonds. The molecule has 0 bridgehead atoms. The van der Waals surface area contributed by atoms with Crippen LogP contribution in [0, 0.1) is 5.92 Å². The van der Waals surface area contributed by atoms with E-state index in [2.05, 4.69) is 13.8 Å². The first kappa shape index (κ1) is 10.6. The second-order valence-electron chi connectivity index (χ2n) is 3.59. The van der Waals surface area contributed by atoms with E-state index in [1.807, 2.05) is 0 Å². The van der Waals surface area contributed by atoms with Gasteiger partial charge in [-0.3, -0.25) is 0 Å². The fourth-order valence-corrected chi connectivity index (χ4v) is 1.16. The second-order valence-corrected chi connectivity index (χ2v) is 3.59. The first-order chi connectivity index (χ1) is 5.02. The van der Waals surface area contributed by atoms with Gasteiger partial charge in [0.05, 0.1) is 5.60 Å². The fraction of sp³-hybridized carbons (Fsp3) is 0.889. The third kappa shape index (κ3) is 4.96. The van der Waals surface area contributed by atoms with Crippen LogP contribution in [-0.4, -0.2) is 17.0 Å². The van der Waals surface area contributed by atoms with Crippen LogP contribution in [0.2, 0.25) is 0 Å². The van der Waals surface area contributed by atoms with Crippen molar-refractivity contribution < 1.29 is 9.90 Å². The van der Waals surface area contributed by atoms with Crippen LogP contribution >= 0.6 is 0 Å². The van der Waals surface area contributed by atoms with Gasteiger partial charge in [-0.25, -0.2) is 0 Å². The molecule has 0 heterocycles. The van der Waals surface area contributed by atoms with Gasteiger partial charge in [0, 0.05) is 6.42 Å². The van der Waals surface area contributed by atoms with Crippen LogP contribution in [0.15, 0.2) is 0 Å². The van der Waals surface area contributed by atoms with Gasteiger partial charge in [0.15, 0.2) is 0 Å². The molecule has 0 aromatic rings. The van der Waals surface area contributed by atoms with E-state index in [4.69, 9.17) is 0 Å². The molecule has 0 aromatic carbocycles. The molecule has 0 aliphatic carbocycles. The largest absolute Gasteiger partial charge is 0.390 e. The lowest BCUT2D eigenvalue weighted by Gasteiger charge is -2.23. The number of aldehydes is 1. The zero-order valence-electron chi connectivity index (χ0n) is 7.63. The molecule has 0 fully saturated rings. The van der Waals surface area contributed by atoms with Crippen LogP contribution in [0.4, 0.5) is 0 Å². The zero-order chi connectivity index (χ0) is 8.91. The van der Waals surface area contributed by atoms with Gasteiger partial charge in [0.2, 0.25) is 0 Å². The normalized spacial score (nSPS) is 18.9. The summed E-state index contributed by atoms with van der Waals surface area (Å²) in [6, 6.07) is 0. The van der Waals surface area contributed by atoms with Crippen molar-refractivity contribution in [2.45, 2.75) is 45.6 Å². The van der Waals surface area contributed by atoms with Crippen molar-refractivity contribution in [1.29, 1.82) is 0 Å². The Kier molecular flexibility index (Phi) is 4.34. The zero-order valence-corrected chi connectivity index (χ0v) is 7.63. The molecule has 0 spiro atoms. The smallest absolute Gasteiger partial charge is 0.122 e. The van der Waals surface area contributed by atoms with Crippen LogP contribution in [0.1, 0.15) is 40.0 Å². The Labute approximate surface area is 68.6 Å². The Hall–Kier alpha value is -0.370. The van der Waals surface area contributed by atoms with Gasteiger partial charge in [-0.05, 0) is 19.3 Å². The van der Waals surface area contributed by atoms with E-state index in [1.165, 1.54) is 0 Å². The average Bonchev–Trinajstić information content (AvgIpc) is 1.86. The predicted octanol–water partition coefficient (Wildman–Crippen LogP) is 1.76. The Morgan fingerprint density at radius 3 is 2.55 bits per heavy atom. The van der Waals surface area contributed by atoms with Gasteiger partial charge >= 0.3 is 0 Å². The van der Waals surface area contributed by atoms with Gasteiger partial charge in [0.1, 0.15) is 6.29 Å². The highest BCUT2D eigenvalue weighted by molar-refractivity contribution is 5.51. The van der Waals surface area contributed by atoms with Gasteiger partial charge in [-0.2, -0.15) is 0 Å². The SMILES string of the molecule is CCC(C)CC(C)(O)CC=O. The minimum Gasteiger partial charge on any atom is -0.390 e. The summed E-state index contributed by atoms with van der Waals surface area (Å²) in [4.78, 5) is 10.1. The van der Waals surface area contributed by atoms with Gasteiger partial charge in [0.25, 0.3) is 0 Å². The van der Waals surface area contributed by atoms with Crippen LogP contribution in [0.25, 0.3) is 0 Å². The maximum Gasteiger partial charge on any atom is 0.122 e. The number of carbonyl (C=O) groups is 1. The summed E-state index contributed by atoms with van der Waals surface area (Å²) in [6.07, 6.45) is 2.79. The van der Waals surface area contributed by atoms with E-state index in [-0.39, 0.29) is 6.42 Å². The van der Waals surface area contributed by atoms with E-state index in [9.17, 15) is 9.90 Å². The highest BCUT2D eigenvalue weighted by Crippen LogP contribution is 2.20. The molecule has 0 saturated heterocycles. The Bertz CT molecular complexity index is 119. The minimum atomic E-state index is -0.794. The molecular weight excluding hydrogens is 140 g/mol. The van der Waals surface area contributed by atoms with Crippen molar-refractivity contribution >= 4 is 6.29 Å². The summed E-state index contributed by atoms with van der Waals surface area (Å²) in [5, 5.41) is 9.58. The van der Waals surface area contributed by atoms with Crippen LogP contribution in [0.3, 0.4) is 0 Å². The first-order valence-electron chi connectivity index (χ1n) is 4.18. The molecule has 2 heteroatoms. The Morgan fingerprint density at radius 2 is 2.18 bits per heavy atom.